The quantitative estimate of drug-likeness (QED) is 0.907. The molecule has 5 nitrogen and oxygen atoms in total. The summed E-state index contributed by atoms with van der Waals surface area (Å²) in [5.41, 5.74) is -0.986. The van der Waals surface area contributed by atoms with Crippen molar-refractivity contribution in [3.8, 4) is 0 Å². The zero-order chi connectivity index (χ0) is 15.6. The number of aliphatic carboxylic acids is 1. The molecular formula is C13H13F3N2O3. The maximum Gasteiger partial charge on any atom is 0.433 e. The van der Waals surface area contributed by atoms with Crippen LogP contribution in [-0.2, 0) is 11.0 Å². The molecule has 2 heterocycles. The lowest BCUT2D eigenvalue weighted by molar-refractivity contribution is -0.143. The molecule has 0 aromatic carbocycles. The molecular weight excluding hydrogens is 289 g/mol. The molecule has 0 unspecified atom stereocenters. The molecule has 0 aliphatic carbocycles. The summed E-state index contributed by atoms with van der Waals surface area (Å²) >= 11 is 0. The van der Waals surface area contributed by atoms with Crippen LogP contribution in [-0.4, -0.2) is 40.0 Å². The largest absolute Gasteiger partial charge is 0.481 e. The summed E-state index contributed by atoms with van der Waals surface area (Å²) in [4.78, 5) is 27.6. The molecule has 1 fully saturated rings. The number of halogens is 3. The number of carboxylic acid groups (broad SMARTS) is 1. The second-order valence-corrected chi connectivity index (χ2v) is 4.83. The van der Waals surface area contributed by atoms with Gasteiger partial charge in [0.1, 0.15) is 5.69 Å². The van der Waals surface area contributed by atoms with Gasteiger partial charge in [0, 0.05) is 19.3 Å². The number of pyridine rings is 1. The Labute approximate surface area is 118 Å². The van der Waals surface area contributed by atoms with E-state index in [1.165, 1.54) is 4.90 Å². The van der Waals surface area contributed by atoms with E-state index in [0.717, 1.165) is 18.3 Å². The second-order valence-electron chi connectivity index (χ2n) is 4.83. The van der Waals surface area contributed by atoms with Crippen LogP contribution in [0.25, 0.3) is 0 Å². The number of alkyl halides is 3. The van der Waals surface area contributed by atoms with Crippen molar-refractivity contribution in [1.29, 1.82) is 0 Å². The fourth-order valence-electron chi connectivity index (χ4n) is 2.20. The third-order valence-corrected chi connectivity index (χ3v) is 3.43. The summed E-state index contributed by atoms with van der Waals surface area (Å²) in [5.74, 6) is -1.79. The molecule has 8 heteroatoms. The predicted molar refractivity (Wildman–Crippen MR) is 65.5 cm³/mol. The number of likely N-dealkylation sites (tertiary alicyclic amines) is 1. The number of hydrogen-bond donors (Lipinski definition) is 1. The lowest BCUT2D eigenvalue weighted by atomic mass is 9.97. The standard InChI is InChI=1S/C13H13F3N2O3/c14-13(15,16)10-2-1-9(7-17-10)11(19)18-5-3-8(4-6-18)12(20)21/h1-2,7-8H,3-6H2,(H,20,21). The molecule has 0 saturated carbocycles. The summed E-state index contributed by atoms with van der Waals surface area (Å²) < 4.78 is 37.1. The van der Waals surface area contributed by atoms with Gasteiger partial charge in [-0.3, -0.25) is 14.6 Å². The molecule has 21 heavy (non-hydrogen) atoms. The van der Waals surface area contributed by atoms with Crippen LogP contribution in [0.3, 0.4) is 0 Å². The Bertz CT molecular complexity index is 535. The highest BCUT2D eigenvalue weighted by molar-refractivity contribution is 5.94. The van der Waals surface area contributed by atoms with E-state index in [4.69, 9.17) is 5.11 Å². The van der Waals surface area contributed by atoms with Gasteiger partial charge in [0.2, 0.25) is 0 Å². The molecule has 0 spiro atoms. The van der Waals surface area contributed by atoms with Crippen LogP contribution in [0.4, 0.5) is 13.2 Å². The van der Waals surface area contributed by atoms with Crippen molar-refractivity contribution in [3.05, 3.63) is 29.6 Å². The van der Waals surface area contributed by atoms with E-state index >= 15 is 0 Å². The van der Waals surface area contributed by atoms with Crippen LogP contribution < -0.4 is 0 Å². The van der Waals surface area contributed by atoms with Gasteiger partial charge in [-0.2, -0.15) is 13.2 Å². The minimum Gasteiger partial charge on any atom is -0.481 e. The topological polar surface area (TPSA) is 70.5 Å². The predicted octanol–water partition coefficient (Wildman–Crippen LogP) is 2.04. The van der Waals surface area contributed by atoms with Gasteiger partial charge in [0.25, 0.3) is 5.91 Å². The van der Waals surface area contributed by atoms with E-state index in [0.29, 0.717) is 12.8 Å². The number of carbonyl (C=O) groups is 2. The Balaban J connectivity index is 2.03. The number of amides is 1. The van der Waals surface area contributed by atoms with Crippen LogP contribution in [0.1, 0.15) is 28.9 Å². The molecule has 1 aliphatic rings. The highest BCUT2D eigenvalue weighted by Gasteiger charge is 2.33. The Morgan fingerprint density at radius 1 is 1.24 bits per heavy atom. The zero-order valence-corrected chi connectivity index (χ0v) is 10.9. The van der Waals surface area contributed by atoms with Crippen LogP contribution >= 0.6 is 0 Å². The fourth-order valence-corrected chi connectivity index (χ4v) is 2.20. The van der Waals surface area contributed by atoms with Crippen molar-refractivity contribution < 1.29 is 27.9 Å². The SMILES string of the molecule is O=C(O)C1CCN(C(=O)c2ccc(C(F)(F)F)nc2)CC1. The number of rotatable bonds is 2. The smallest absolute Gasteiger partial charge is 0.433 e. The molecule has 0 radical (unpaired) electrons. The first-order valence-corrected chi connectivity index (χ1v) is 6.34. The fraction of sp³-hybridized carbons (Fsp3) is 0.462. The highest BCUT2D eigenvalue weighted by atomic mass is 19.4. The number of aromatic nitrogens is 1. The first-order chi connectivity index (χ1) is 9.79. The van der Waals surface area contributed by atoms with E-state index < -0.39 is 29.7 Å². The summed E-state index contributed by atoms with van der Waals surface area (Å²) in [7, 11) is 0. The first-order valence-electron chi connectivity index (χ1n) is 6.34. The summed E-state index contributed by atoms with van der Waals surface area (Å²) in [6.07, 6.45) is -2.96. The molecule has 0 bridgehead atoms. The Kier molecular flexibility index (Phi) is 4.15. The Morgan fingerprint density at radius 3 is 2.29 bits per heavy atom. The van der Waals surface area contributed by atoms with Gasteiger partial charge in [-0.25, -0.2) is 0 Å². The molecule has 114 valence electrons. The van der Waals surface area contributed by atoms with Crippen LogP contribution in [0.2, 0.25) is 0 Å². The van der Waals surface area contributed by atoms with Gasteiger partial charge in [-0.15, -0.1) is 0 Å². The number of carboxylic acids is 1. The van der Waals surface area contributed by atoms with Crippen molar-refractivity contribution >= 4 is 11.9 Å². The molecule has 1 aliphatic heterocycles. The van der Waals surface area contributed by atoms with Gasteiger partial charge in [0.05, 0.1) is 11.5 Å². The average molecular weight is 302 g/mol. The van der Waals surface area contributed by atoms with Crippen molar-refractivity contribution in [2.24, 2.45) is 5.92 Å². The second kappa shape index (κ2) is 5.71. The van der Waals surface area contributed by atoms with Gasteiger partial charge < -0.3 is 10.0 Å². The minimum absolute atomic E-state index is 0.0665. The van der Waals surface area contributed by atoms with Crippen molar-refractivity contribution in [1.82, 2.24) is 9.88 Å². The van der Waals surface area contributed by atoms with Crippen molar-refractivity contribution in [3.63, 3.8) is 0 Å². The van der Waals surface area contributed by atoms with Crippen LogP contribution in [0.15, 0.2) is 18.3 Å². The van der Waals surface area contributed by atoms with E-state index in [1.807, 2.05) is 0 Å². The zero-order valence-electron chi connectivity index (χ0n) is 10.9. The van der Waals surface area contributed by atoms with E-state index in [9.17, 15) is 22.8 Å². The Hall–Kier alpha value is -2.12. The van der Waals surface area contributed by atoms with Gasteiger partial charge in [-0.1, -0.05) is 0 Å². The number of hydrogen-bond acceptors (Lipinski definition) is 3. The maximum atomic E-state index is 12.4. The third kappa shape index (κ3) is 3.50. The number of nitrogens with zero attached hydrogens (tertiary/aromatic N) is 2. The number of carbonyl (C=O) groups excluding carboxylic acids is 1. The normalized spacial score (nSPS) is 16.8. The van der Waals surface area contributed by atoms with E-state index in [-0.39, 0.29) is 18.7 Å². The molecule has 1 N–H and O–H groups in total. The summed E-state index contributed by atoms with van der Waals surface area (Å²) in [6.45, 7) is 0.549. The maximum absolute atomic E-state index is 12.4. The van der Waals surface area contributed by atoms with Crippen LogP contribution in [0, 0.1) is 5.92 Å². The van der Waals surface area contributed by atoms with Gasteiger partial charge >= 0.3 is 12.1 Å². The highest BCUT2D eigenvalue weighted by Crippen LogP contribution is 2.27. The summed E-state index contributed by atoms with van der Waals surface area (Å²) in [6, 6.07) is 1.85. The van der Waals surface area contributed by atoms with Gasteiger partial charge in [-0.05, 0) is 25.0 Å². The van der Waals surface area contributed by atoms with Crippen molar-refractivity contribution in [2.75, 3.05) is 13.1 Å². The molecule has 1 amide bonds. The molecule has 0 atom stereocenters. The lowest BCUT2D eigenvalue weighted by Gasteiger charge is -2.30. The Morgan fingerprint density at radius 2 is 1.86 bits per heavy atom. The van der Waals surface area contributed by atoms with E-state index in [1.54, 1.807) is 0 Å². The molecule has 2 rings (SSSR count). The number of piperidine rings is 1. The van der Waals surface area contributed by atoms with Crippen LogP contribution in [0.5, 0.6) is 0 Å². The summed E-state index contributed by atoms with van der Waals surface area (Å²) in [5, 5.41) is 8.87. The molecule has 1 aromatic rings. The molecule has 1 saturated heterocycles. The van der Waals surface area contributed by atoms with E-state index in [2.05, 4.69) is 4.98 Å². The lowest BCUT2D eigenvalue weighted by Crippen LogP contribution is -2.40. The minimum atomic E-state index is -4.54. The molecule has 1 aromatic heterocycles. The van der Waals surface area contributed by atoms with Crippen molar-refractivity contribution in [2.45, 2.75) is 19.0 Å². The first kappa shape index (κ1) is 15.3. The third-order valence-electron chi connectivity index (χ3n) is 3.43. The average Bonchev–Trinajstić information content (AvgIpc) is 2.46. The monoisotopic (exact) mass is 302 g/mol. The van der Waals surface area contributed by atoms with Gasteiger partial charge in [0.15, 0.2) is 0 Å².